The molecule has 0 saturated heterocycles. The van der Waals surface area contributed by atoms with Gasteiger partial charge in [0.2, 0.25) is 0 Å². The number of guanidine groups is 1. The molecule has 0 bridgehead atoms. The first kappa shape index (κ1) is 25.3. The van der Waals surface area contributed by atoms with Gasteiger partial charge in [0.1, 0.15) is 0 Å². The number of nitrogens with zero attached hydrogens (tertiary/aromatic N) is 2. The Morgan fingerprint density at radius 1 is 1.08 bits per heavy atom. The third-order valence-electron chi connectivity index (χ3n) is 4.01. The van der Waals surface area contributed by atoms with Gasteiger partial charge in [0.05, 0.1) is 0 Å². The monoisotopic (exact) mass is 494 g/mol. The highest BCUT2D eigenvalue weighted by molar-refractivity contribution is 14.0. The Bertz CT molecular complexity index is 530. The summed E-state index contributed by atoms with van der Waals surface area (Å²) in [4.78, 5) is 6.67. The highest BCUT2D eigenvalue weighted by Gasteiger charge is 2.12. The van der Waals surface area contributed by atoms with Crippen LogP contribution in [0.15, 0.2) is 35.3 Å². The van der Waals surface area contributed by atoms with E-state index >= 15 is 0 Å². The molecule has 0 aliphatic heterocycles. The average molecular weight is 494 g/mol. The Balaban J connectivity index is 0.00000625. The van der Waals surface area contributed by atoms with Gasteiger partial charge in [-0.3, -0.25) is 14.1 Å². The second-order valence-corrected chi connectivity index (χ2v) is 8.20. The SMILES string of the molecule is CN=C(NCCN(C(C)C)C(C)C)NCCS(=O)Cc1ccccc1.I. The zero-order valence-electron chi connectivity index (χ0n) is 16.7. The number of rotatable bonds is 10. The first-order valence-electron chi connectivity index (χ1n) is 9.03. The summed E-state index contributed by atoms with van der Waals surface area (Å²) in [6, 6.07) is 11.0. The van der Waals surface area contributed by atoms with E-state index in [4.69, 9.17) is 0 Å². The van der Waals surface area contributed by atoms with E-state index in [0.29, 0.717) is 30.1 Å². The largest absolute Gasteiger partial charge is 0.355 e. The van der Waals surface area contributed by atoms with Gasteiger partial charge in [-0.1, -0.05) is 30.3 Å². The lowest BCUT2D eigenvalue weighted by Crippen LogP contribution is -2.45. The molecule has 0 radical (unpaired) electrons. The minimum Gasteiger partial charge on any atom is -0.355 e. The third-order valence-corrected chi connectivity index (χ3v) is 5.32. The lowest BCUT2D eigenvalue weighted by atomic mass is 10.2. The van der Waals surface area contributed by atoms with Gasteiger partial charge in [-0.2, -0.15) is 0 Å². The molecule has 150 valence electrons. The van der Waals surface area contributed by atoms with Crippen LogP contribution in [0.5, 0.6) is 0 Å². The Morgan fingerprint density at radius 2 is 1.65 bits per heavy atom. The van der Waals surface area contributed by atoms with E-state index in [1.165, 1.54) is 0 Å². The topological polar surface area (TPSA) is 56.7 Å². The maximum absolute atomic E-state index is 12.1. The van der Waals surface area contributed by atoms with Crippen LogP contribution < -0.4 is 10.6 Å². The average Bonchev–Trinajstić information content (AvgIpc) is 2.57. The van der Waals surface area contributed by atoms with Crippen molar-refractivity contribution in [3.8, 4) is 0 Å². The van der Waals surface area contributed by atoms with E-state index in [0.717, 1.165) is 24.6 Å². The van der Waals surface area contributed by atoms with Crippen molar-refractivity contribution in [2.24, 2.45) is 4.99 Å². The standard InChI is InChI=1S/C19H34N4OS.HI/c1-16(2)23(17(3)4)13-11-21-19(20-5)22-12-14-25(24)15-18-9-7-6-8-10-18;/h6-10,16-17H,11-15H2,1-5H3,(H2,20,21,22);1H. The van der Waals surface area contributed by atoms with Crippen LogP contribution in [-0.4, -0.2) is 59.6 Å². The Hall–Kier alpha value is -0.670. The summed E-state index contributed by atoms with van der Waals surface area (Å²) < 4.78 is 12.1. The molecule has 0 aliphatic rings. The van der Waals surface area contributed by atoms with E-state index in [9.17, 15) is 4.21 Å². The number of nitrogens with one attached hydrogen (secondary N) is 2. The molecule has 0 heterocycles. The van der Waals surface area contributed by atoms with E-state index < -0.39 is 10.8 Å². The molecular formula is C19H35IN4OS. The maximum atomic E-state index is 12.1. The van der Waals surface area contributed by atoms with Crippen molar-refractivity contribution in [3.63, 3.8) is 0 Å². The number of aliphatic imine (C=N–C) groups is 1. The molecule has 1 aromatic rings. The Morgan fingerprint density at radius 3 is 2.19 bits per heavy atom. The van der Waals surface area contributed by atoms with Crippen molar-refractivity contribution in [2.75, 3.05) is 32.4 Å². The van der Waals surface area contributed by atoms with Crippen molar-refractivity contribution >= 4 is 40.7 Å². The zero-order valence-corrected chi connectivity index (χ0v) is 19.8. The fourth-order valence-corrected chi connectivity index (χ4v) is 3.79. The minimum absolute atomic E-state index is 0. The van der Waals surface area contributed by atoms with Crippen molar-refractivity contribution in [1.29, 1.82) is 0 Å². The van der Waals surface area contributed by atoms with Crippen LogP contribution in [0.2, 0.25) is 0 Å². The summed E-state index contributed by atoms with van der Waals surface area (Å²) in [6.07, 6.45) is 0. The molecule has 5 nitrogen and oxygen atoms in total. The van der Waals surface area contributed by atoms with E-state index in [-0.39, 0.29) is 24.0 Å². The highest BCUT2D eigenvalue weighted by Crippen LogP contribution is 2.03. The first-order valence-corrected chi connectivity index (χ1v) is 10.5. The molecule has 26 heavy (non-hydrogen) atoms. The van der Waals surface area contributed by atoms with Crippen molar-refractivity contribution in [1.82, 2.24) is 15.5 Å². The number of benzene rings is 1. The summed E-state index contributed by atoms with van der Waals surface area (Å²) in [5.74, 6) is 1.98. The van der Waals surface area contributed by atoms with Crippen LogP contribution in [0.1, 0.15) is 33.3 Å². The van der Waals surface area contributed by atoms with Crippen LogP contribution in [0.4, 0.5) is 0 Å². The van der Waals surface area contributed by atoms with Gasteiger partial charge >= 0.3 is 0 Å². The molecule has 1 rings (SSSR count). The van der Waals surface area contributed by atoms with Crippen molar-refractivity contribution < 1.29 is 4.21 Å². The fraction of sp³-hybridized carbons (Fsp3) is 0.632. The van der Waals surface area contributed by atoms with Gasteiger partial charge in [0.15, 0.2) is 5.96 Å². The maximum Gasteiger partial charge on any atom is 0.191 e. The summed E-state index contributed by atoms with van der Waals surface area (Å²) in [5.41, 5.74) is 1.12. The van der Waals surface area contributed by atoms with E-state index in [1.807, 2.05) is 30.3 Å². The second-order valence-electron chi connectivity index (χ2n) is 6.62. The molecule has 7 heteroatoms. The molecule has 0 fully saturated rings. The predicted octanol–water partition coefficient (Wildman–Crippen LogP) is 2.84. The fourth-order valence-electron chi connectivity index (χ4n) is 2.75. The van der Waals surface area contributed by atoms with Crippen LogP contribution in [0, 0.1) is 0 Å². The lowest BCUT2D eigenvalue weighted by molar-refractivity contribution is 0.178. The summed E-state index contributed by atoms with van der Waals surface area (Å²) in [7, 11) is 0.894. The van der Waals surface area contributed by atoms with E-state index in [2.05, 4.69) is 48.2 Å². The molecular weight excluding hydrogens is 459 g/mol. The second kappa shape index (κ2) is 14.4. The van der Waals surface area contributed by atoms with Gasteiger partial charge in [0.25, 0.3) is 0 Å². The molecule has 2 N–H and O–H groups in total. The molecule has 0 spiro atoms. The van der Waals surface area contributed by atoms with E-state index in [1.54, 1.807) is 7.05 Å². The molecule has 0 saturated carbocycles. The van der Waals surface area contributed by atoms with Crippen LogP contribution in [-0.2, 0) is 16.6 Å². The van der Waals surface area contributed by atoms with Crippen LogP contribution >= 0.6 is 24.0 Å². The van der Waals surface area contributed by atoms with Crippen LogP contribution in [0.3, 0.4) is 0 Å². The summed E-state index contributed by atoms with van der Waals surface area (Å²) in [5, 5.41) is 6.58. The van der Waals surface area contributed by atoms with Crippen molar-refractivity contribution in [3.05, 3.63) is 35.9 Å². The molecule has 0 aliphatic carbocycles. The van der Waals surface area contributed by atoms with Gasteiger partial charge < -0.3 is 10.6 Å². The summed E-state index contributed by atoms with van der Waals surface area (Å²) in [6.45, 7) is 11.3. The summed E-state index contributed by atoms with van der Waals surface area (Å²) >= 11 is 0. The Kier molecular flexibility index (Phi) is 14.0. The number of hydrogen-bond acceptors (Lipinski definition) is 3. The first-order chi connectivity index (χ1) is 11.9. The zero-order chi connectivity index (χ0) is 18.7. The van der Waals surface area contributed by atoms with Crippen LogP contribution in [0.25, 0.3) is 0 Å². The highest BCUT2D eigenvalue weighted by atomic mass is 127. The smallest absolute Gasteiger partial charge is 0.191 e. The normalized spacial score (nSPS) is 13.0. The van der Waals surface area contributed by atoms with Gasteiger partial charge in [0, 0.05) is 61.1 Å². The Labute approximate surface area is 178 Å². The molecule has 1 atom stereocenters. The van der Waals surface area contributed by atoms with Gasteiger partial charge in [-0.25, -0.2) is 0 Å². The molecule has 1 aromatic carbocycles. The number of hydrogen-bond donors (Lipinski definition) is 2. The lowest BCUT2D eigenvalue weighted by Gasteiger charge is -2.30. The molecule has 1 unspecified atom stereocenters. The third kappa shape index (κ3) is 10.5. The molecule has 0 amide bonds. The predicted molar refractivity (Wildman–Crippen MR) is 125 cm³/mol. The minimum atomic E-state index is -0.868. The number of halogens is 1. The van der Waals surface area contributed by atoms with Crippen molar-refractivity contribution in [2.45, 2.75) is 45.5 Å². The quantitative estimate of drug-likeness (QED) is 0.299. The van der Waals surface area contributed by atoms with Gasteiger partial charge in [-0.15, -0.1) is 24.0 Å². The molecule has 0 aromatic heterocycles. The van der Waals surface area contributed by atoms with Gasteiger partial charge in [-0.05, 0) is 33.3 Å².